The Bertz CT molecular complexity index is 958. The third-order valence-corrected chi connectivity index (χ3v) is 4.59. The van der Waals surface area contributed by atoms with Crippen LogP contribution in [0.5, 0.6) is 23.0 Å². The van der Waals surface area contributed by atoms with Crippen molar-refractivity contribution >= 4 is 34.8 Å². The van der Waals surface area contributed by atoms with Gasteiger partial charge in [-0.05, 0) is 45.0 Å². The van der Waals surface area contributed by atoms with Crippen LogP contribution in [0.1, 0.15) is 20.8 Å². The molecule has 0 radical (unpaired) electrons. The molecule has 1 amide bonds. The van der Waals surface area contributed by atoms with E-state index in [9.17, 15) is 9.59 Å². The quantitative estimate of drug-likeness (QED) is 0.271. The van der Waals surface area contributed by atoms with Crippen LogP contribution in [0.4, 0.5) is 11.4 Å². The fraction of sp³-hybridized carbons (Fsp3) is 0.364. The second-order valence-corrected chi connectivity index (χ2v) is 6.69. The fourth-order valence-corrected chi connectivity index (χ4v) is 2.97. The Labute approximate surface area is 192 Å². The number of rotatable bonds is 11. The maximum absolute atomic E-state index is 13.1. The molecule has 0 aromatic heterocycles. The number of amides is 1. The van der Waals surface area contributed by atoms with Crippen molar-refractivity contribution in [2.24, 2.45) is 10.2 Å². The Morgan fingerprint density at radius 1 is 1.00 bits per heavy atom. The van der Waals surface area contributed by atoms with Crippen molar-refractivity contribution in [3.05, 3.63) is 36.4 Å². The molecule has 9 nitrogen and oxygen atoms in total. The summed E-state index contributed by atoms with van der Waals surface area (Å²) in [6.07, 6.45) is 0. The fourth-order valence-electron chi connectivity index (χ4n) is 2.74. The highest BCUT2D eigenvalue weighted by atomic mass is 35.5. The van der Waals surface area contributed by atoms with E-state index in [0.29, 0.717) is 36.2 Å². The highest BCUT2D eigenvalue weighted by molar-refractivity contribution is 6.39. The zero-order chi connectivity index (χ0) is 23.7. The average Bonchev–Trinajstić information content (AvgIpc) is 2.79. The number of hydrogen-bond donors (Lipinski definition) is 0. The molecule has 0 bridgehead atoms. The summed E-state index contributed by atoms with van der Waals surface area (Å²) in [5, 5.41) is 8.12. The molecule has 0 aliphatic carbocycles. The van der Waals surface area contributed by atoms with Crippen molar-refractivity contribution in [1.82, 2.24) is 0 Å². The van der Waals surface area contributed by atoms with E-state index in [-0.39, 0.29) is 11.4 Å². The molecule has 32 heavy (non-hydrogen) atoms. The maximum Gasteiger partial charge on any atom is 0.276 e. The first-order valence-electron chi connectivity index (χ1n) is 9.89. The third-order valence-electron chi connectivity index (χ3n) is 4.24. The van der Waals surface area contributed by atoms with Crippen LogP contribution in [0.15, 0.2) is 46.6 Å². The first-order chi connectivity index (χ1) is 15.4. The summed E-state index contributed by atoms with van der Waals surface area (Å²) in [4.78, 5) is 25.3. The Kier molecular flexibility index (Phi) is 9.27. The van der Waals surface area contributed by atoms with E-state index >= 15 is 0 Å². The van der Waals surface area contributed by atoms with Gasteiger partial charge in [0.1, 0.15) is 17.2 Å². The number of Topliss-reactive ketones (excluding diaryl/α,β-unsaturated/α-hetero) is 1. The first kappa shape index (κ1) is 24.9. The summed E-state index contributed by atoms with van der Waals surface area (Å²) < 4.78 is 22.4. The Morgan fingerprint density at radius 2 is 1.62 bits per heavy atom. The van der Waals surface area contributed by atoms with Crippen LogP contribution in [0.2, 0.25) is 0 Å². The SMILES string of the molecule is CCOc1cccc(OCC)c1N=NC(C(C)=O)C(=O)N(Cl)c1cc(OC)ccc1OC. The minimum absolute atomic E-state index is 0.199. The molecular weight excluding hydrogens is 438 g/mol. The number of benzene rings is 2. The minimum atomic E-state index is -1.49. The second kappa shape index (κ2) is 11.9. The van der Waals surface area contributed by atoms with Gasteiger partial charge in [-0.15, -0.1) is 5.11 Å². The summed E-state index contributed by atoms with van der Waals surface area (Å²) in [6, 6.07) is 8.40. The summed E-state index contributed by atoms with van der Waals surface area (Å²) in [5.74, 6) is 0.240. The van der Waals surface area contributed by atoms with Gasteiger partial charge in [-0.2, -0.15) is 5.11 Å². The highest BCUT2D eigenvalue weighted by Crippen LogP contribution is 2.38. The van der Waals surface area contributed by atoms with Gasteiger partial charge in [0.25, 0.3) is 5.91 Å². The minimum Gasteiger partial charge on any atom is -0.497 e. The van der Waals surface area contributed by atoms with Gasteiger partial charge < -0.3 is 18.9 Å². The van der Waals surface area contributed by atoms with Crippen LogP contribution in [0.3, 0.4) is 0 Å². The van der Waals surface area contributed by atoms with E-state index in [2.05, 4.69) is 10.2 Å². The Morgan fingerprint density at radius 3 is 2.12 bits per heavy atom. The van der Waals surface area contributed by atoms with E-state index < -0.39 is 17.7 Å². The summed E-state index contributed by atoms with van der Waals surface area (Å²) >= 11 is 6.30. The van der Waals surface area contributed by atoms with Crippen LogP contribution >= 0.6 is 11.8 Å². The van der Waals surface area contributed by atoms with Gasteiger partial charge in [-0.3, -0.25) is 9.59 Å². The Balaban J connectivity index is 2.43. The van der Waals surface area contributed by atoms with Gasteiger partial charge in [0, 0.05) is 17.8 Å². The lowest BCUT2D eigenvalue weighted by molar-refractivity contribution is -0.126. The van der Waals surface area contributed by atoms with Gasteiger partial charge in [0.15, 0.2) is 23.0 Å². The zero-order valence-corrected chi connectivity index (χ0v) is 19.4. The maximum atomic E-state index is 13.1. The van der Waals surface area contributed by atoms with Crippen LogP contribution in [0, 0.1) is 0 Å². The number of ether oxygens (including phenoxy) is 4. The highest BCUT2D eigenvalue weighted by Gasteiger charge is 2.31. The van der Waals surface area contributed by atoms with Gasteiger partial charge in [-0.1, -0.05) is 6.07 Å². The lowest BCUT2D eigenvalue weighted by Gasteiger charge is -2.20. The van der Waals surface area contributed by atoms with Crippen molar-refractivity contribution in [3.8, 4) is 23.0 Å². The van der Waals surface area contributed by atoms with E-state index in [0.717, 1.165) is 4.42 Å². The molecule has 0 heterocycles. The molecule has 0 saturated heterocycles. The topological polar surface area (TPSA) is 99.0 Å². The average molecular weight is 464 g/mol. The number of ketones is 1. The van der Waals surface area contributed by atoms with E-state index in [1.807, 2.05) is 13.8 Å². The van der Waals surface area contributed by atoms with E-state index in [1.165, 1.54) is 27.2 Å². The molecule has 0 fully saturated rings. The molecule has 10 heteroatoms. The summed E-state index contributed by atoms with van der Waals surface area (Å²) in [5.41, 5.74) is 0.472. The smallest absolute Gasteiger partial charge is 0.276 e. The van der Waals surface area contributed by atoms with E-state index in [4.69, 9.17) is 30.7 Å². The zero-order valence-electron chi connectivity index (χ0n) is 18.6. The van der Waals surface area contributed by atoms with Crippen molar-refractivity contribution in [2.75, 3.05) is 31.9 Å². The van der Waals surface area contributed by atoms with E-state index in [1.54, 1.807) is 30.3 Å². The molecule has 2 aromatic rings. The number of halogens is 1. The number of anilines is 1. The molecular formula is C22H26ClN3O6. The van der Waals surface area contributed by atoms with Gasteiger partial charge >= 0.3 is 0 Å². The lowest BCUT2D eigenvalue weighted by Crippen LogP contribution is -2.36. The van der Waals surface area contributed by atoms with Crippen molar-refractivity contribution in [2.45, 2.75) is 26.8 Å². The molecule has 2 rings (SSSR count). The van der Waals surface area contributed by atoms with Crippen LogP contribution < -0.4 is 23.4 Å². The molecule has 2 aromatic carbocycles. The number of carbonyl (C=O) groups is 2. The van der Waals surface area contributed by atoms with Crippen LogP contribution in [0.25, 0.3) is 0 Å². The van der Waals surface area contributed by atoms with Crippen molar-refractivity contribution < 1.29 is 28.5 Å². The normalized spacial score (nSPS) is 11.7. The van der Waals surface area contributed by atoms with Crippen LogP contribution in [-0.4, -0.2) is 45.2 Å². The summed E-state index contributed by atoms with van der Waals surface area (Å²) in [7, 11) is 2.91. The largest absolute Gasteiger partial charge is 0.497 e. The monoisotopic (exact) mass is 463 g/mol. The predicted octanol–water partition coefficient (Wildman–Crippen LogP) is 4.73. The molecule has 0 aliphatic rings. The van der Waals surface area contributed by atoms with Crippen molar-refractivity contribution in [3.63, 3.8) is 0 Å². The number of azo groups is 1. The molecule has 0 saturated carbocycles. The first-order valence-corrected chi connectivity index (χ1v) is 10.2. The number of nitrogens with zero attached hydrogens (tertiary/aromatic N) is 3. The molecule has 0 spiro atoms. The Hall–Kier alpha value is -3.33. The van der Waals surface area contributed by atoms with Crippen LogP contribution in [-0.2, 0) is 9.59 Å². The lowest BCUT2D eigenvalue weighted by atomic mass is 10.2. The molecule has 0 N–H and O–H groups in total. The van der Waals surface area contributed by atoms with Gasteiger partial charge in [0.05, 0.1) is 27.4 Å². The summed E-state index contributed by atoms with van der Waals surface area (Å²) in [6.45, 7) is 5.65. The second-order valence-electron chi connectivity index (χ2n) is 6.35. The standard InChI is InChI=1S/C22H26ClN3O6/c1-6-31-18-9-8-10-19(32-7-2)21(18)25-24-20(14(3)27)22(28)26(23)16-13-15(29-4)11-12-17(16)30-5/h8-13,20H,6-7H2,1-5H3. The van der Waals surface area contributed by atoms with Crippen molar-refractivity contribution in [1.29, 1.82) is 0 Å². The number of methoxy groups -OCH3 is 2. The number of carbonyl (C=O) groups excluding carboxylic acids is 2. The third kappa shape index (κ3) is 5.88. The predicted molar refractivity (Wildman–Crippen MR) is 121 cm³/mol. The van der Waals surface area contributed by atoms with Gasteiger partial charge in [-0.25, -0.2) is 4.42 Å². The van der Waals surface area contributed by atoms with Gasteiger partial charge in [0.2, 0.25) is 6.04 Å². The molecule has 0 aliphatic heterocycles. The molecule has 1 atom stereocenters. The number of hydrogen-bond acceptors (Lipinski definition) is 8. The molecule has 172 valence electrons. The molecule has 1 unspecified atom stereocenters.